The van der Waals surface area contributed by atoms with E-state index in [0.717, 1.165) is 24.9 Å². The second-order valence-corrected chi connectivity index (χ2v) is 7.20. The molecular weight excluding hydrogens is 316 g/mol. The molecule has 3 rings (SSSR count). The van der Waals surface area contributed by atoms with E-state index in [4.69, 9.17) is 4.74 Å². The van der Waals surface area contributed by atoms with Crippen molar-refractivity contribution >= 4 is 17.7 Å². The minimum atomic E-state index is -0.511. The zero-order valence-electron chi connectivity index (χ0n) is 14.9. The van der Waals surface area contributed by atoms with Gasteiger partial charge >= 0.3 is 6.09 Å². The lowest BCUT2D eigenvalue weighted by molar-refractivity contribution is 0.0636. The van der Waals surface area contributed by atoms with Crippen molar-refractivity contribution in [3.05, 3.63) is 47.8 Å². The molecule has 0 saturated carbocycles. The van der Waals surface area contributed by atoms with Crippen molar-refractivity contribution < 1.29 is 9.53 Å². The number of hydrogen-bond donors (Lipinski definition) is 2. The molecule has 0 radical (unpaired) electrons. The number of ether oxygens (including phenoxy) is 1. The smallest absolute Gasteiger partial charge is 0.412 e. The van der Waals surface area contributed by atoms with Gasteiger partial charge in [0.1, 0.15) is 5.60 Å². The highest BCUT2D eigenvalue weighted by Gasteiger charge is 2.22. The third-order valence-electron chi connectivity index (χ3n) is 3.97. The van der Waals surface area contributed by atoms with Crippen LogP contribution in [0.3, 0.4) is 0 Å². The Labute approximate surface area is 148 Å². The molecule has 132 valence electrons. The molecule has 0 bridgehead atoms. The number of benzene rings is 1. The molecule has 2 aromatic rings. The van der Waals surface area contributed by atoms with Crippen molar-refractivity contribution in [2.24, 2.45) is 0 Å². The summed E-state index contributed by atoms with van der Waals surface area (Å²) in [6.07, 6.45) is 6.13. The van der Waals surface area contributed by atoms with Crippen LogP contribution in [-0.4, -0.2) is 21.7 Å². The van der Waals surface area contributed by atoms with Crippen LogP contribution in [0.4, 0.5) is 16.4 Å². The number of rotatable bonds is 3. The standard InChI is InChI=1S/C19H24N4O2/c1-19(2,3)25-18(24)22-14-8-9-15-13(12-14)6-4-7-16(15)23-17-20-10-5-11-21-17/h5,8-12,16H,4,6-7H2,1-3H3,(H,22,24)(H,20,21,23). The number of nitrogens with zero attached hydrogens (tertiary/aromatic N) is 2. The maximum Gasteiger partial charge on any atom is 0.412 e. The summed E-state index contributed by atoms with van der Waals surface area (Å²) in [7, 11) is 0. The summed E-state index contributed by atoms with van der Waals surface area (Å²) in [4.78, 5) is 20.4. The molecule has 0 spiro atoms. The number of fused-ring (bicyclic) bond motifs is 1. The van der Waals surface area contributed by atoms with E-state index in [-0.39, 0.29) is 6.04 Å². The Balaban J connectivity index is 1.72. The zero-order valence-corrected chi connectivity index (χ0v) is 14.9. The van der Waals surface area contributed by atoms with Crippen molar-refractivity contribution in [1.82, 2.24) is 9.97 Å². The number of hydrogen-bond acceptors (Lipinski definition) is 5. The molecule has 25 heavy (non-hydrogen) atoms. The molecule has 1 aromatic carbocycles. The fourth-order valence-electron chi connectivity index (χ4n) is 2.99. The largest absolute Gasteiger partial charge is 0.444 e. The summed E-state index contributed by atoms with van der Waals surface area (Å²) in [5.74, 6) is 0.635. The van der Waals surface area contributed by atoms with Gasteiger partial charge in [-0.1, -0.05) is 6.07 Å². The van der Waals surface area contributed by atoms with E-state index in [0.29, 0.717) is 5.95 Å². The summed E-state index contributed by atoms with van der Waals surface area (Å²) in [6.45, 7) is 5.55. The molecule has 6 nitrogen and oxygen atoms in total. The fraction of sp³-hybridized carbons (Fsp3) is 0.421. The minimum Gasteiger partial charge on any atom is -0.444 e. The van der Waals surface area contributed by atoms with Gasteiger partial charge in [0, 0.05) is 18.1 Å². The van der Waals surface area contributed by atoms with E-state index in [1.165, 1.54) is 11.1 Å². The Morgan fingerprint density at radius 1 is 1.24 bits per heavy atom. The third-order valence-corrected chi connectivity index (χ3v) is 3.97. The molecule has 1 aromatic heterocycles. The van der Waals surface area contributed by atoms with Crippen LogP contribution in [-0.2, 0) is 11.2 Å². The topological polar surface area (TPSA) is 76.1 Å². The molecule has 6 heteroatoms. The third kappa shape index (κ3) is 4.68. The molecule has 1 aliphatic carbocycles. The van der Waals surface area contributed by atoms with E-state index in [1.807, 2.05) is 32.9 Å². The lowest BCUT2D eigenvalue weighted by Gasteiger charge is -2.27. The summed E-state index contributed by atoms with van der Waals surface area (Å²) in [5, 5.41) is 6.20. The quantitative estimate of drug-likeness (QED) is 0.870. The van der Waals surface area contributed by atoms with Crippen LogP contribution in [0.15, 0.2) is 36.7 Å². The maximum absolute atomic E-state index is 11.9. The fourth-order valence-corrected chi connectivity index (χ4v) is 2.99. The first-order chi connectivity index (χ1) is 11.9. The van der Waals surface area contributed by atoms with Gasteiger partial charge in [-0.05, 0) is 69.4 Å². The predicted octanol–water partition coefficient (Wildman–Crippen LogP) is 4.31. The molecule has 1 aliphatic rings. The second-order valence-electron chi connectivity index (χ2n) is 7.20. The average molecular weight is 340 g/mol. The van der Waals surface area contributed by atoms with Crippen LogP contribution in [0.25, 0.3) is 0 Å². The van der Waals surface area contributed by atoms with Crippen LogP contribution in [0, 0.1) is 0 Å². The Hall–Kier alpha value is -2.63. The van der Waals surface area contributed by atoms with Crippen molar-refractivity contribution in [3.63, 3.8) is 0 Å². The van der Waals surface area contributed by atoms with Crippen LogP contribution < -0.4 is 10.6 Å². The van der Waals surface area contributed by atoms with Crippen molar-refractivity contribution in [2.45, 2.75) is 51.7 Å². The van der Waals surface area contributed by atoms with Gasteiger partial charge < -0.3 is 10.1 Å². The number of amides is 1. The highest BCUT2D eigenvalue weighted by molar-refractivity contribution is 5.85. The molecule has 1 amide bonds. The monoisotopic (exact) mass is 340 g/mol. The number of nitrogens with one attached hydrogen (secondary N) is 2. The van der Waals surface area contributed by atoms with Crippen LogP contribution in [0.1, 0.15) is 50.8 Å². The summed E-state index contributed by atoms with van der Waals surface area (Å²) in [6, 6.07) is 7.98. The molecule has 1 unspecified atom stereocenters. The lowest BCUT2D eigenvalue weighted by Crippen LogP contribution is -2.27. The Bertz CT molecular complexity index is 741. The number of aryl methyl sites for hydroxylation is 1. The first-order valence-electron chi connectivity index (χ1n) is 8.57. The molecule has 1 atom stereocenters. The minimum absolute atomic E-state index is 0.182. The molecule has 0 saturated heterocycles. The van der Waals surface area contributed by atoms with Crippen molar-refractivity contribution in [2.75, 3.05) is 10.6 Å². The zero-order chi connectivity index (χ0) is 17.9. The normalized spacial score (nSPS) is 16.7. The average Bonchev–Trinajstić information content (AvgIpc) is 2.54. The maximum atomic E-state index is 11.9. The van der Waals surface area contributed by atoms with Gasteiger partial charge in [0.25, 0.3) is 0 Å². The molecule has 1 heterocycles. The van der Waals surface area contributed by atoms with Gasteiger partial charge in [0.15, 0.2) is 0 Å². The number of carbonyl (C=O) groups excluding carboxylic acids is 1. The number of anilines is 2. The van der Waals surface area contributed by atoms with Crippen LogP contribution in [0.5, 0.6) is 0 Å². The van der Waals surface area contributed by atoms with Crippen molar-refractivity contribution in [1.29, 1.82) is 0 Å². The lowest BCUT2D eigenvalue weighted by atomic mass is 9.87. The summed E-state index contributed by atoms with van der Waals surface area (Å²) >= 11 is 0. The van der Waals surface area contributed by atoms with Gasteiger partial charge in [0.05, 0.1) is 6.04 Å². The molecular formula is C19H24N4O2. The van der Waals surface area contributed by atoms with E-state index in [1.54, 1.807) is 18.5 Å². The Morgan fingerprint density at radius 3 is 2.72 bits per heavy atom. The second kappa shape index (κ2) is 7.09. The van der Waals surface area contributed by atoms with E-state index in [9.17, 15) is 4.79 Å². The summed E-state index contributed by atoms with van der Waals surface area (Å²) in [5.41, 5.74) is 2.70. The molecule has 2 N–H and O–H groups in total. The van der Waals surface area contributed by atoms with Crippen LogP contribution >= 0.6 is 0 Å². The number of carbonyl (C=O) groups is 1. The van der Waals surface area contributed by atoms with Gasteiger partial charge in [-0.15, -0.1) is 0 Å². The van der Waals surface area contributed by atoms with E-state index in [2.05, 4.69) is 26.7 Å². The molecule has 0 aliphatic heterocycles. The first kappa shape index (κ1) is 17.2. The molecule has 0 fully saturated rings. The first-order valence-corrected chi connectivity index (χ1v) is 8.57. The SMILES string of the molecule is CC(C)(C)OC(=O)Nc1ccc2c(c1)CCCC2Nc1ncccn1. The van der Waals surface area contributed by atoms with Gasteiger partial charge in [-0.25, -0.2) is 14.8 Å². The van der Waals surface area contributed by atoms with Gasteiger partial charge in [0.2, 0.25) is 5.95 Å². The Morgan fingerprint density at radius 2 is 2.00 bits per heavy atom. The summed E-state index contributed by atoms with van der Waals surface area (Å²) < 4.78 is 5.31. The number of aromatic nitrogens is 2. The van der Waals surface area contributed by atoms with Gasteiger partial charge in [-0.3, -0.25) is 5.32 Å². The van der Waals surface area contributed by atoms with Crippen molar-refractivity contribution in [3.8, 4) is 0 Å². The van der Waals surface area contributed by atoms with E-state index >= 15 is 0 Å². The predicted molar refractivity (Wildman–Crippen MR) is 97.6 cm³/mol. The highest BCUT2D eigenvalue weighted by Crippen LogP contribution is 2.33. The van der Waals surface area contributed by atoms with E-state index < -0.39 is 11.7 Å². The highest BCUT2D eigenvalue weighted by atomic mass is 16.6. The van der Waals surface area contributed by atoms with Gasteiger partial charge in [-0.2, -0.15) is 0 Å². The Kier molecular flexibility index (Phi) is 4.88. The van der Waals surface area contributed by atoms with Crippen LogP contribution in [0.2, 0.25) is 0 Å².